The van der Waals surface area contributed by atoms with Gasteiger partial charge in [-0.05, 0) is 36.2 Å². The van der Waals surface area contributed by atoms with Gasteiger partial charge >= 0.3 is 0 Å². The summed E-state index contributed by atoms with van der Waals surface area (Å²) in [6.07, 6.45) is 3.46. The molecule has 2 heterocycles. The maximum absolute atomic E-state index is 12.2. The van der Waals surface area contributed by atoms with Gasteiger partial charge in [0.2, 0.25) is 5.91 Å². The highest BCUT2D eigenvalue weighted by atomic mass is 16.2. The third kappa shape index (κ3) is 3.21. The zero-order chi connectivity index (χ0) is 18.1. The Labute approximate surface area is 151 Å². The predicted molar refractivity (Wildman–Crippen MR) is 102 cm³/mol. The van der Waals surface area contributed by atoms with Crippen LogP contribution in [0.4, 0.5) is 5.82 Å². The van der Waals surface area contributed by atoms with Gasteiger partial charge in [0.15, 0.2) is 5.82 Å². The Morgan fingerprint density at radius 3 is 2.73 bits per heavy atom. The summed E-state index contributed by atoms with van der Waals surface area (Å²) in [4.78, 5) is 13.7. The molecule has 4 aromatic rings. The van der Waals surface area contributed by atoms with Gasteiger partial charge < -0.3 is 9.88 Å². The molecule has 1 amide bonds. The van der Waals surface area contributed by atoms with Crippen LogP contribution in [0.25, 0.3) is 22.0 Å². The van der Waals surface area contributed by atoms with Crippen LogP contribution in [-0.2, 0) is 18.4 Å². The van der Waals surface area contributed by atoms with Crippen LogP contribution in [-0.4, -0.2) is 25.5 Å². The largest absolute Gasteiger partial charge is 0.338 e. The summed E-state index contributed by atoms with van der Waals surface area (Å²) < 4.78 is 1.93. The molecule has 0 fully saturated rings. The highest BCUT2D eigenvalue weighted by molar-refractivity contribution is 5.92. The minimum atomic E-state index is -0.134. The smallest absolute Gasteiger partial charge is 0.245 e. The lowest BCUT2D eigenvalue weighted by molar-refractivity contribution is -0.116. The van der Waals surface area contributed by atoms with Gasteiger partial charge in [-0.25, -0.2) is 0 Å². The molecule has 2 aromatic heterocycles. The van der Waals surface area contributed by atoms with E-state index in [0.29, 0.717) is 5.82 Å². The average molecular weight is 345 g/mol. The average Bonchev–Trinajstić information content (AvgIpc) is 3.21. The SMILES string of the molecule is Cc1cccc(-c2ccc3c(ccn3CC(=O)Nc3cnn(C)n3)c2)c1. The molecule has 0 aliphatic rings. The number of nitrogens with zero attached hydrogens (tertiary/aromatic N) is 4. The Morgan fingerprint density at radius 2 is 1.96 bits per heavy atom. The third-order valence-corrected chi connectivity index (χ3v) is 4.30. The van der Waals surface area contributed by atoms with E-state index in [1.54, 1.807) is 7.05 Å². The molecule has 0 atom stereocenters. The molecule has 0 saturated heterocycles. The van der Waals surface area contributed by atoms with E-state index >= 15 is 0 Å². The first-order valence-corrected chi connectivity index (χ1v) is 8.40. The van der Waals surface area contributed by atoms with Gasteiger partial charge in [-0.1, -0.05) is 35.9 Å². The van der Waals surface area contributed by atoms with Crippen molar-refractivity contribution in [2.75, 3.05) is 5.32 Å². The highest BCUT2D eigenvalue weighted by Crippen LogP contribution is 2.26. The van der Waals surface area contributed by atoms with E-state index in [-0.39, 0.29) is 12.5 Å². The van der Waals surface area contributed by atoms with Gasteiger partial charge in [0.05, 0.1) is 6.20 Å². The highest BCUT2D eigenvalue weighted by Gasteiger charge is 2.09. The van der Waals surface area contributed by atoms with Crippen molar-refractivity contribution in [3.8, 4) is 11.1 Å². The standard InChI is InChI=1S/C20H19N5O/c1-14-4-3-5-15(10-14)16-6-7-18-17(11-16)8-9-25(18)13-20(26)22-19-12-21-24(2)23-19/h3-12H,13H2,1-2H3,(H,22,23,26). The van der Waals surface area contributed by atoms with Crippen molar-refractivity contribution >= 4 is 22.6 Å². The second kappa shape index (κ2) is 6.48. The van der Waals surface area contributed by atoms with E-state index in [1.165, 1.54) is 27.7 Å². The molecule has 1 N–H and O–H groups in total. The second-order valence-electron chi connectivity index (χ2n) is 6.35. The third-order valence-electron chi connectivity index (χ3n) is 4.30. The molecular weight excluding hydrogens is 326 g/mol. The molecule has 6 nitrogen and oxygen atoms in total. The Bertz CT molecular complexity index is 1090. The van der Waals surface area contributed by atoms with E-state index in [4.69, 9.17) is 0 Å². The first-order valence-electron chi connectivity index (χ1n) is 8.40. The van der Waals surface area contributed by atoms with Crippen LogP contribution in [0.15, 0.2) is 60.9 Å². The van der Waals surface area contributed by atoms with E-state index in [0.717, 1.165) is 10.9 Å². The van der Waals surface area contributed by atoms with E-state index in [9.17, 15) is 4.79 Å². The number of carbonyl (C=O) groups is 1. The number of aryl methyl sites for hydroxylation is 2. The molecule has 130 valence electrons. The van der Waals surface area contributed by atoms with Crippen molar-refractivity contribution in [3.63, 3.8) is 0 Å². The van der Waals surface area contributed by atoms with Gasteiger partial charge in [0, 0.05) is 24.1 Å². The van der Waals surface area contributed by atoms with Crippen molar-refractivity contribution in [2.45, 2.75) is 13.5 Å². The number of anilines is 1. The number of benzene rings is 2. The first-order chi connectivity index (χ1) is 12.6. The van der Waals surface area contributed by atoms with Crippen molar-refractivity contribution in [2.24, 2.45) is 7.05 Å². The molecule has 0 aliphatic heterocycles. The van der Waals surface area contributed by atoms with E-state index < -0.39 is 0 Å². The molecular formula is C20H19N5O. The monoisotopic (exact) mass is 345 g/mol. The molecule has 26 heavy (non-hydrogen) atoms. The number of aromatic nitrogens is 4. The molecule has 0 bridgehead atoms. The first kappa shape index (κ1) is 16.1. The fraction of sp³-hybridized carbons (Fsp3) is 0.150. The number of rotatable bonds is 4. The van der Waals surface area contributed by atoms with Crippen LogP contribution in [0.2, 0.25) is 0 Å². The lowest BCUT2D eigenvalue weighted by Crippen LogP contribution is -2.18. The predicted octanol–water partition coefficient (Wildman–Crippen LogP) is 3.38. The van der Waals surface area contributed by atoms with Crippen molar-refractivity contribution < 1.29 is 4.79 Å². The Balaban J connectivity index is 1.56. The minimum absolute atomic E-state index is 0.134. The fourth-order valence-electron chi connectivity index (χ4n) is 3.08. The Kier molecular flexibility index (Phi) is 4.01. The normalized spacial score (nSPS) is 11.0. The molecule has 0 unspecified atom stereocenters. The summed E-state index contributed by atoms with van der Waals surface area (Å²) in [5, 5.41) is 11.9. The second-order valence-corrected chi connectivity index (χ2v) is 6.35. The van der Waals surface area contributed by atoms with Gasteiger partial charge in [0.1, 0.15) is 6.54 Å². The summed E-state index contributed by atoms with van der Waals surface area (Å²) in [5.41, 5.74) is 4.62. The van der Waals surface area contributed by atoms with Crippen LogP contribution >= 0.6 is 0 Å². The van der Waals surface area contributed by atoms with Gasteiger partial charge in [-0.15, -0.1) is 5.10 Å². The minimum Gasteiger partial charge on any atom is -0.338 e. The summed E-state index contributed by atoms with van der Waals surface area (Å²) in [6.45, 7) is 2.32. The number of nitrogens with one attached hydrogen (secondary N) is 1. The molecule has 0 spiro atoms. The zero-order valence-electron chi connectivity index (χ0n) is 14.7. The molecule has 4 rings (SSSR count). The van der Waals surface area contributed by atoms with Crippen LogP contribution < -0.4 is 5.32 Å². The number of fused-ring (bicyclic) bond motifs is 1. The van der Waals surface area contributed by atoms with Crippen molar-refractivity contribution in [1.29, 1.82) is 0 Å². The summed E-state index contributed by atoms with van der Waals surface area (Å²) >= 11 is 0. The summed E-state index contributed by atoms with van der Waals surface area (Å²) in [5.74, 6) is 0.321. The van der Waals surface area contributed by atoms with Crippen LogP contribution in [0.3, 0.4) is 0 Å². The van der Waals surface area contributed by atoms with Gasteiger partial charge in [-0.3, -0.25) is 4.79 Å². The number of amides is 1. The van der Waals surface area contributed by atoms with Gasteiger partial charge in [-0.2, -0.15) is 9.90 Å². The Hall–Kier alpha value is -3.41. The summed E-state index contributed by atoms with van der Waals surface area (Å²) in [7, 11) is 1.71. The summed E-state index contributed by atoms with van der Waals surface area (Å²) in [6, 6.07) is 16.8. The van der Waals surface area contributed by atoms with Gasteiger partial charge in [0.25, 0.3) is 0 Å². The molecule has 0 saturated carbocycles. The van der Waals surface area contributed by atoms with E-state index in [1.807, 2.05) is 16.8 Å². The van der Waals surface area contributed by atoms with E-state index in [2.05, 4.69) is 64.9 Å². The van der Waals surface area contributed by atoms with Crippen LogP contribution in [0.5, 0.6) is 0 Å². The Morgan fingerprint density at radius 1 is 1.12 bits per heavy atom. The topological polar surface area (TPSA) is 64.7 Å². The van der Waals surface area contributed by atoms with Crippen molar-refractivity contribution in [3.05, 3.63) is 66.5 Å². The lowest BCUT2D eigenvalue weighted by Gasteiger charge is -2.07. The molecule has 6 heteroatoms. The molecule has 0 aliphatic carbocycles. The number of carbonyl (C=O) groups excluding carboxylic acids is 1. The molecule has 2 aromatic carbocycles. The quantitative estimate of drug-likeness (QED) is 0.617. The molecule has 0 radical (unpaired) electrons. The van der Waals surface area contributed by atoms with Crippen molar-refractivity contribution in [1.82, 2.24) is 19.6 Å². The lowest BCUT2D eigenvalue weighted by atomic mass is 10.0. The maximum atomic E-state index is 12.2. The van der Waals surface area contributed by atoms with Crippen LogP contribution in [0.1, 0.15) is 5.56 Å². The zero-order valence-corrected chi connectivity index (χ0v) is 14.7. The van der Waals surface area contributed by atoms with Crippen LogP contribution in [0, 0.1) is 6.92 Å². The fourth-order valence-corrected chi connectivity index (χ4v) is 3.08. The number of hydrogen-bond donors (Lipinski definition) is 1. The maximum Gasteiger partial charge on any atom is 0.245 e. The number of hydrogen-bond acceptors (Lipinski definition) is 3.